The van der Waals surface area contributed by atoms with Gasteiger partial charge in [-0.15, -0.1) is 0 Å². The molecule has 0 atom stereocenters. The van der Waals surface area contributed by atoms with Crippen molar-refractivity contribution in [1.82, 2.24) is 9.78 Å². The van der Waals surface area contributed by atoms with Crippen LogP contribution >= 0.6 is 0 Å². The third-order valence-corrected chi connectivity index (χ3v) is 4.28. The van der Waals surface area contributed by atoms with E-state index in [0.717, 1.165) is 29.8 Å². The second-order valence-electron chi connectivity index (χ2n) is 6.18. The minimum atomic E-state index is -0.296. The van der Waals surface area contributed by atoms with E-state index < -0.39 is 0 Å². The predicted octanol–water partition coefficient (Wildman–Crippen LogP) is 2.89. The van der Waals surface area contributed by atoms with Crippen molar-refractivity contribution in [3.8, 4) is 0 Å². The van der Waals surface area contributed by atoms with Gasteiger partial charge in [0.1, 0.15) is 5.78 Å². The molecule has 0 bridgehead atoms. The molecule has 3 rings (SSSR count). The predicted molar refractivity (Wildman–Crippen MR) is 83.1 cm³/mol. The second-order valence-corrected chi connectivity index (χ2v) is 6.18. The Bertz CT molecular complexity index is 651. The van der Waals surface area contributed by atoms with Gasteiger partial charge in [0.2, 0.25) is 0 Å². The molecule has 0 saturated heterocycles. The fourth-order valence-electron chi connectivity index (χ4n) is 2.75. The van der Waals surface area contributed by atoms with Gasteiger partial charge in [-0.05, 0) is 50.5 Å². The van der Waals surface area contributed by atoms with Crippen LogP contribution in [-0.2, 0) is 16.6 Å². The van der Waals surface area contributed by atoms with E-state index in [1.807, 2.05) is 41.2 Å². The zero-order valence-corrected chi connectivity index (χ0v) is 12.5. The second kappa shape index (κ2) is 5.02. The van der Waals surface area contributed by atoms with Gasteiger partial charge < -0.3 is 5.73 Å². The van der Waals surface area contributed by atoms with Gasteiger partial charge in [-0.25, -0.2) is 0 Å². The molecule has 0 radical (unpaired) electrons. The summed E-state index contributed by atoms with van der Waals surface area (Å²) >= 11 is 0. The summed E-state index contributed by atoms with van der Waals surface area (Å²) in [6.45, 7) is 4.16. The van der Waals surface area contributed by atoms with Crippen molar-refractivity contribution in [2.75, 3.05) is 5.73 Å². The molecule has 1 fully saturated rings. The van der Waals surface area contributed by atoms with Crippen LogP contribution in [0.3, 0.4) is 0 Å². The maximum atomic E-state index is 12.7. The van der Waals surface area contributed by atoms with E-state index in [0.29, 0.717) is 12.5 Å². The zero-order valence-electron chi connectivity index (χ0n) is 12.5. The summed E-state index contributed by atoms with van der Waals surface area (Å²) in [5.74, 6) is 0.265. The Kier molecular flexibility index (Phi) is 3.32. The van der Waals surface area contributed by atoms with Crippen molar-refractivity contribution in [3.05, 3.63) is 47.8 Å². The van der Waals surface area contributed by atoms with Gasteiger partial charge in [-0.3, -0.25) is 9.48 Å². The average molecular weight is 283 g/mol. The van der Waals surface area contributed by atoms with E-state index in [2.05, 4.69) is 18.9 Å². The molecule has 2 aromatic rings. The van der Waals surface area contributed by atoms with Crippen molar-refractivity contribution < 1.29 is 4.79 Å². The van der Waals surface area contributed by atoms with Gasteiger partial charge in [-0.2, -0.15) is 5.10 Å². The highest BCUT2D eigenvalue weighted by Gasteiger charge is 2.50. The minimum Gasteiger partial charge on any atom is -0.399 e. The van der Waals surface area contributed by atoms with Crippen LogP contribution in [0.5, 0.6) is 0 Å². The van der Waals surface area contributed by atoms with E-state index >= 15 is 0 Å². The quantitative estimate of drug-likeness (QED) is 0.858. The molecule has 1 aromatic heterocycles. The Labute approximate surface area is 125 Å². The van der Waals surface area contributed by atoms with E-state index in [9.17, 15) is 4.79 Å². The van der Waals surface area contributed by atoms with Crippen molar-refractivity contribution >= 4 is 11.5 Å². The molecule has 0 aliphatic heterocycles. The van der Waals surface area contributed by atoms with Crippen LogP contribution in [0, 0.1) is 0 Å². The lowest BCUT2D eigenvalue weighted by molar-refractivity contribution is -0.120. The van der Waals surface area contributed by atoms with E-state index in [4.69, 9.17) is 5.73 Å². The van der Waals surface area contributed by atoms with Crippen molar-refractivity contribution in [2.24, 2.45) is 0 Å². The number of benzene rings is 1. The first-order valence-corrected chi connectivity index (χ1v) is 7.45. The van der Waals surface area contributed by atoms with Gasteiger partial charge >= 0.3 is 0 Å². The number of hydrogen-bond acceptors (Lipinski definition) is 3. The summed E-state index contributed by atoms with van der Waals surface area (Å²) < 4.78 is 1.89. The summed E-state index contributed by atoms with van der Waals surface area (Å²) in [4.78, 5) is 12.7. The molecule has 1 aromatic carbocycles. The van der Waals surface area contributed by atoms with Crippen LogP contribution in [-0.4, -0.2) is 15.6 Å². The number of nitrogens with two attached hydrogens (primary N) is 1. The molecule has 4 nitrogen and oxygen atoms in total. The Balaban J connectivity index is 1.76. The highest BCUT2D eigenvalue weighted by molar-refractivity contribution is 5.94. The number of nitrogen functional groups attached to an aromatic ring is 1. The van der Waals surface area contributed by atoms with E-state index in [1.165, 1.54) is 0 Å². The molecule has 1 aliphatic rings. The lowest BCUT2D eigenvalue weighted by Crippen LogP contribution is -2.22. The van der Waals surface area contributed by atoms with Gasteiger partial charge in [0, 0.05) is 17.9 Å². The number of carbonyl (C=O) groups excluding carboxylic acids is 1. The van der Waals surface area contributed by atoms with Crippen LogP contribution < -0.4 is 5.73 Å². The van der Waals surface area contributed by atoms with Crippen molar-refractivity contribution in [1.29, 1.82) is 0 Å². The van der Waals surface area contributed by atoms with Gasteiger partial charge in [0.25, 0.3) is 0 Å². The standard InChI is InChI=1S/C17H21N3O/c1-12(2)20-10-7-15(19-20)11-16(21)17(8-9-17)13-3-5-14(18)6-4-13/h3-7,10,12H,8-9,11,18H2,1-2H3. The maximum Gasteiger partial charge on any atom is 0.149 e. The van der Waals surface area contributed by atoms with Gasteiger partial charge in [0.15, 0.2) is 0 Å². The van der Waals surface area contributed by atoms with Gasteiger partial charge in [-0.1, -0.05) is 12.1 Å². The van der Waals surface area contributed by atoms with E-state index in [1.54, 1.807) is 0 Å². The van der Waals surface area contributed by atoms with Crippen LogP contribution in [0.2, 0.25) is 0 Å². The van der Waals surface area contributed by atoms with Crippen LogP contribution in [0.4, 0.5) is 5.69 Å². The molecule has 2 N–H and O–H groups in total. The molecular weight excluding hydrogens is 262 g/mol. The zero-order chi connectivity index (χ0) is 15.0. The Morgan fingerprint density at radius 2 is 1.95 bits per heavy atom. The number of aromatic nitrogens is 2. The molecule has 21 heavy (non-hydrogen) atoms. The molecule has 1 heterocycles. The first-order chi connectivity index (χ1) is 10.0. The highest BCUT2D eigenvalue weighted by Crippen LogP contribution is 2.49. The molecule has 0 amide bonds. The fraction of sp³-hybridized carbons (Fsp3) is 0.412. The summed E-state index contributed by atoms with van der Waals surface area (Å²) in [6, 6.07) is 9.96. The van der Waals surface area contributed by atoms with Gasteiger partial charge in [0.05, 0.1) is 17.5 Å². The molecule has 1 aliphatic carbocycles. The average Bonchev–Trinajstić information content (AvgIpc) is 3.13. The largest absolute Gasteiger partial charge is 0.399 e. The Hall–Kier alpha value is -2.10. The monoisotopic (exact) mass is 283 g/mol. The maximum absolute atomic E-state index is 12.7. The van der Waals surface area contributed by atoms with Crippen LogP contribution in [0.25, 0.3) is 0 Å². The first-order valence-electron chi connectivity index (χ1n) is 7.45. The summed E-state index contributed by atoms with van der Waals surface area (Å²) in [5, 5.41) is 4.47. The third kappa shape index (κ3) is 2.58. The van der Waals surface area contributed by atoms with E-state index in [-0.39, 0.29) is 11.2 Å². The lowest BCUT2D eigenvalue weighted by Gasteiger charge is -2.14. The molecular formula is C17H21N3O. The number of carbonyl (C=O) groups is 1. The number of nitrogens with zero attached hydrogens (tertiary/aromatic N) is 2. The molecule has 110 valence electrons. The molecule has 0 unspecified atom stereocenters. The summed E-state index contributed by atoms with van der Waals surface area (Å²) in [6.07, 6.45) is 4.21. The van der Waals surface area contributed by atoms with Crippen LogP contribution in [0.15, 0.2) is 36.5 Å². The topological polar surface area (TPSA) is 60.9 Å². The molecule has 1 saturated carbocycles. The van der Waals surface area contributed by atoms with Crippen LogP contribution in [0.1, 0.15) is 44.0 Å². The summed E-state index contributed by atoms with van der Waals surface area (Å²) in [7, 11) is 0. The lowest BCUT2D eigenvalue weighted by atomic mass is 9.89. The number of rotatable bonds is 5. The number of anilines is 1. The number of hydrogen-bond donors (Lipinski definition) is 1. The normalized spacial score (nSPS) is 16.1. The summed E-state index contributed by atoms with van der Waals surface area (Å²) in [5.41, 5.74) is 8.11. The minimum absolute atomic E-state index is 0.265. The highest BCUT2D eigenvalue weighted by atomic mass is 16.1. The smallest absolute Gasteiger partial charge is 0.149 e. The van der Waals surface area contributed by atoms with Crippen molar-refractivity contribution in [2.45, 2.75) is 44.6 Å². The number of ketones is 1. The van der Waals surface area contributed by atoms with Crippen molar-refractivity contribution in [3.63, 3.8) is 0 Å². The molecule has 0 spiro atoms. The third-order valence-electron chi connectivity index (χ3n) is 4.28. The Morgan fingerprint density at radius 1 is 1.29 bits per heavy atom. The molecule has 4 heteroatoms. The number of Topliss-reactive ketones (excluding diaryl/α,β-unsaturated/α-hetero) is 1. The first kappa shape index (κ1) is 13.9. The SMILES string of the molecule is CC(C)n1ccc(CC(=O)C2(c3ccc(N)cc3)CC2)n1. The Morgan fingerprint density at radius 3 is 2.48 bits per heavy atom. The fourth-order valence-corrected chi connectivity index (χ4v) is 2.75.